The molecule has 1 aromatic heterocycles. The predicted octanol–water partition coefficient (Wildman–Crippen LogP) is 3.81. The Labute approximate surface area is 149 Å². The molecule has 0 radical (unpaired) electrons. The Balaban J connectivity index is 1.78. The highest BCUT2D eigenvalue weighted by Gasteiger charge is 2.30. The van der Waals surface area contributed by atoms with E-state index in [1.54, 1.807) is 23.1 Å². The van der Waals surface area contributed by atoms with Crippen LogP contribution in [0.25, 0.3) is 16.6 Å². The Morgan fingerprint density at radius 1 is 1.38 bits per heavy atom. The highest BCUT2D eigenvalue weighted by atomic mass is 32.1. The lowest BCUT2D eigenvalue weighted by atomic mass is 10.2. The maximum Gasteiger partial charge on any atom is 0.276 e. The van der Waals surface area contributed by atoms with E-state index in [1.807, 2.05) is 5.38 Å². The lowest BCUT2D eigenvalue weighted by Gasteiger charge is -2.12. The first-order valence-electron chi connectivity index (χ1n) is 7.64. The van der Waals surface area contributed by atoms with Crippen molar-refractivity contribution in [2.75, 3.05) is 6.54 Å². The topological polar surface area (TPSA) is 45.2 Å². The number of thiazole rings is 1. The molecule has 1 saturated heterocycles. The van der Waals surface area contributed by atoms with Crippen LogP contribution in [-0.2, 0) is 4.79 Å². The molecule has 1 fully saturated rings. The van der Waals surface area contributed by atoms with Crippen molar-refractivity contribution in [3.63, 3.8) is 0 Å². The summed E-state index contributed by atoms with van der Waals surface area (Å²) in [5, 5.41) is 6.03. The zero-order chi connectivity index (χ0) is 17.1. The Morgan fingerprint density at radius 3 is 2.83 bits per heavy atom. The third kappa shape index (κ3) is 3.52. The number of thiocarbonyl (C=S) groups is 1. The molecule has 1 aromatic carbocycles. The number of halogens is 1. The lowest BCUT2D eigenvalue weighted by Crippen LogP contribution is -2.31. The molecule has 1 N–H and O–H groups in total. The van der Waals surface area contributed by atoms with Gasteiger partial charge in [0.05, 0.1) is 5.69 Å². The van der Waals surface area contributed by atoms with Gasteiger partial charge in [-0.15, -0.1) is 11.3 Å². The van der Waals surface area contributed by atoms with Crippen molar-refractivity contribution in [3.05, 3.63) is 46.9 Å². The highest BCUT2D eigenvalue weighted by Crippen LogP contribution is 2.25. The monoisotopic (exact) mass is 361 g/mol. The number of carbonyl (C=O) groups is 1. The second-order valence-corrected chi connectivity index (χ2v) is 6.63. The van der Waals surface area contributed by atoms with E-state index in [0.717, 1.165) is 23.4 Å². The summed E-state index contributed by atoms with van der Waals surface area (Å²) in [4.78, 5) is 18.4. The smallest absolute Gasteiger partial charge is 0.276 e. The Hall–Kier alpha value is -2.12. The molecule has 124 valence electrons. The lowest BCUT2D eigenvalue weighted by molar-refractivity contribution is -0.122. The van der Waals surface area contributed by atoms with Gasteiger partial charge in [-0.2, -0.15) is 0 Å². The van der Waals surface area contributed by atoms with E-state index in [-0.39, 0.29) is 11.7 Å². The summed E-state index contributed by atoms with van der Waals surface area (Å²) in [6.45, 7) is 2.69. The number of aromatic nitrogens is 1. The molecule has 0 atom stereocenters. The minimum absolute atomic E-state index is 0.121. The molecule has 0 aliphatic carbocycles. The van der Waals surface area contributed by atoms with Crippen molar-refractivity contribution >= 4 is 40.7 Å². The fraction of sp³-hybridized carbons (Fsp3) is 0.235. The van der Waals surface area contributed by atoms with Gasteiger partial charge in [0.2, 0.25) is 0 Å². The molecule has 2 aromatic rings. The van der Waals surface area contributed by atoms with Crippen LogP contribution in [0.1, 0.15) is 25.5 Å². The zero-order valence-corrected chi connectivity index (χ0v) is 14.7. The van der Waals surface area contributed by atoms with Crippen LogP contribution in [-0.4, -0.2) is 27.4 Å². The van der Waals surface area contributed by atoms with Crippen molar-refractivity contribution < 1.29 is 9.18 Å². The minimum Gasteiger partial charge on any atom is -0.328 e. The number of amides is 1. The number of carbonyl (C=O) groups excluding carboxylic acids is 1. The molecular weight excluding hydrogens is 345 g/mol. The van der Waals surface area contributed by atoms with Gasteiger partial charge in [0, 0.05) is 17.5 Å². The first-order valence-corrected chi connectivity index (χ1v) is 8.93. The number of hydrogen-bond donors (Lipinski definition) is 1. The van der Waals surface area contributed by atoms with Gasteiger partial charge in [0.15, 0.2) is 5.11 Å². The SMILES string of the molecule is CCCCN1C(=O)/C(=C/c2csc(-c3ccc(F)cc3)n2)NC1=S. The summed E-state index contributed by atoms with van der Waals surface area (Å²) >= 11 is 6.66. The van der Waals surface area contributed by atoms with Crippen molar-refractivity contribution in [2.45, 2.75) is 19.8 Å². The average molecular weight is 361 g/mol. The number of hydrogen-bond acceptors (Lipinski definition) is 4. The molecule has 2 heterocycles. The quantitative estimate of drug-likeness (QED) is 0.650. The van der Waals surface area contributed by atoms with Crippen LogP contribution in [0, 0.1) is 5.82 Å². The van der Waals surface area contributed by atoms with Crippen molar-refractivity contribution in [1.82, 2.24) is 15.2 Å². The second kappa shape index (κ2) is 7.19. The summed E-state index contributed by atoms with van der Waals surface area (Å²) in [7, 11) is 0. The van der Waals surface area contributed by atoms with E-state index >= 15 is 0 Å². The molecular formula is C17H16FN3OS2. The molecule has 1 aliphatic heterocycles. The molecule has 0 saturated carbocycles. The van der Waals surface area contributed by atoms with Gasteiger partial charge in [-0.3, -0.25) is 9.69 Å². The summed E-state index contributed by atoms with van der Waals surface area (Å²) < 4.78 is 13.0. The number of nitrogens with one attached hydrogen (secondary N) is 1. The van der Waals surface area contributed by atoms with Gasteiger partial charge in [0.1, 0.15) is 16.5 Å². The normalized spacial score (nSPS) is 16.1. The molecule has 1 amide bonds. The van der Waals surface area contributed by atoms with Gasteiger partial charge in [0.25, 0.3) is 5.91 Å². The molecule has 7 heteroatoms. The Morgan fingerprint density at radius 2 is 2.12 bits per heavy atom. The first kappa shape index (κ1) is 16.7. The van der Waals surface area contributed by atoms with E-state index in [9.17, 15) is 9.18 Å². The van der Waals surface area contributed by atoms with Gasteiger partial charge in [-0.05, 0) is 49.0 Å². The van der Waals surface area contributed by atoms with E-state index in [4.69, 9.17) is 12.2 Å². The molecule has 3 rings (SSSR count). The predicted molar refractivity (Wildman–Crippen MR) is 97.8 cm³/mol. The summed E-state index contributed by atoms with van der Waals surface area (Å²) in [5.74, 6) is -0.399. The van der Waals surface area contributed by atoms with Crippen LogP contribution in [0.4, 0.5) is 4.39 Å². The highest BCUT2D eigenvalue weighted by molar-refractivity contribution is 7.80. The maximum atomic E-state index is 13.0. The largest absolute Gasteiger partial charge is 0.328 e. The summed E-state index contributed by atoms with van der Waals surface area (Å²) in [6, 6.07) is 6.18. The number of benzene rings is 1. The fourth-order valence-corrected chi connectivity index (χ4v) is 3.38. The third-order valence-corrected chi connectivity index (χ3v) is 4.83. The molecule has 4 nitrogen and oxygen atoms in total. The van der Waals surface area contributed by atoms with Crippen LogP contribution in [0.3, 0.4) is 0 Å². The number of unbranched alkanes of at least 4 members (excludes halogenated alkanes) is 1. The van der Waals surface area contributed by atoms with Crippen molar-refractivity contribution in [3.8, 4) is 10.6 Å². The summed E-state index contributed by atoms with van der Waals surface area (Å²) in [5.41, 5.74) is 1.96. The Kier molecular flexibility index (Phi) is 5.01. The van der Waals surface area contributed by atoms with Crippen LogP contribution in [0.15, 0.2) is 35.3 Å². The van der Waals surface area contributed by atoms with E-state index in [1.165, 1.54) is 23.5 Å². The minimum atomic E-state index is -0.279. The van der Waals surface area contributed by atoms with Crippen LogP contribution >= 0.6 is 23.6 Å². The average Bonchev–Trinajstić information content (AvgIpc) is 3.13. The van der Waals surface area contributed by atoms with Gasteiger partial charge in [-0.25, -0.2) is 9.37 Å². The van der Waals surface area contributed by atoms with Gasteiger partial charge < -0.3 is 5.32 Å². The molecule has 0 unspecified atom stereocenters. The van der Waals surface area contributed by atoms with Crippen molar-refractivity contribution in [1.29, 1.82) is 0 Å². The first-order chi connectivity index (χ1) is 11.6. The van der Waals surface area contributed by atoms with Gasteiger partial charge >= 0.3 is 0 Å². The van der Waals surface area contributed by atoms with E-state index in [0.29, 0.717) is 23.0 Å². The van der Waals surface area contributed by atoms with E-state index in [2.05, 4.69) is 17.2 Å². The molecule has 0 bridgehead atoms. The third-order valence-electron chi connectivity index (χ3n) is 3.60. The molecule has 0 spiro atoms. The summed E-state index contributed by atoms with van der Waals surface area (Å²) in [6.07, 6.45) is 3.61. The number of rotatable bonds is 5. The second-order valence-electron chi connectivity index (χ2n) is 5.38. The fourth-order valence-electron chi connectivity index (χ4n) is 2.32. The zero-order valence-electron chi connectivity index (χ0n) is 13.1. The van der Waals surface area contributed by atoms with Gasteiger partial charge in [-0.1, -0.05) is 13.3 Å². The molecule has 1 aliphatic rings. The van der Waals surface area contributed by atoms with Crippen LogP contribution in [0.2, 0.25) is 0 Å². The molecule has 24 heavy (non-hydrogen) atoms. The van der Waals surface area contributed by atoms with Crippen LogP contribution < -0.4 is 5.32 Å². The number of nitrogens with zero attached hydrogens (tertiary/aromatic N) is 2. The van der Waals surface area contributed by atoms with E-state index < -0.39 is 0 Å². The standard InChI is InChI=1S/C17H16FN3OS2/c1-2-3-8-21-16(22)14(20-17(21)23)9-13-10-24-15(19-13)11-4-6-12(18)7-5-11/h4-7,9-10H,2-3,8H2,1H3,(H,20,23)/b14-9-. The van der Waals surface area contributed by atoms with Crippen molar-refractivity contribution in [2.24, 2.45) is 0 Å². The maximum absolute atomic E-state index is 13.0. The van der Waals surface area contributed by atoms with Crippen LogP contribution in [0.5, 0.6) is 0 Å². The Bertz CT molecular complexity index is 798.